The van der Waals surface area contributed by atoms with Crippen molar-refractivity contribution in [3.05, 3.63) is 29.8 Å². The SMILES string of the molecule is CN(C(=O)CNc1cccc(C(N)=O)c1)C1CCCCC1. The van der Waals surface area contributed by atoms with E-state index in [1.54, 1.807) is 18.2 Å². The molecule has 0 atom stereocenters. The highest BCUT2D eigenvalue weighted by molar-refractivity contribution is 5.93. The molecule has 0 unspecified atom stereocenters. The molecule has 21 heavy (non-hydrogen) atoms. The summed E-state index contributed by atoms with van der Waals surface area (Å²) in [5, 5.41) is 3.06. The minimum atomic E-state index is -0.468. The van der Waals surface area contributed by atoms with E-state index in [9.17, 15) is 9.59 Å². The molecule has 5 nitrogen and oxygen atoms in total. The van der Waals surface area contributed by atoms with E-state index in [-0.39, 0.29) is 12.5 Å². The lowest BCUT2D eigenvalue weighted by Gasteiger charge is -2.31. The summed E-state index contributed by atoms with van der Waals surface area (Å²) in [4.78, 5) is 25.2. The van der Waals surface area contributed by atoms with Crippen molar-refractivity contribution in [1.29, 1.82) is 0 Å². The molecule has 0 aromatic heterocycles. The van der Waals surface area contributed by atoms with Gasteiger partial charge in [-0.05, 0) is 31.0 Å². The van der Waals surface area contributed by atoms with Crippen molar-refractivity contribution in [2.75, 3.05) is 18.9 Å². The third kappa shape index (κ3) is 4.21. The molecular weight excluding hydrogens is 266 g/mol. The van der Waals surface area contributed by atoms with Crippen LogP contribution in [0.3, 0.4) is 0 Å². The van der Waals surface area contributed by atoms with Crippen LogP contribution in [0, 0.1) is 0 Å². The van der Waals surface area contributed by atoms with E-state index in [4.69, 9.17) is 5.73 Å². The number of likely N-dealkylation sites (N-methyl/N-ethyl adjacent to an activating group) is 1. The highest BCUT2D eigenvalue weighted by Gasteiger charge is 2.21. The monoisotopic (exact) mass is 289 g/mol. The second kappa shape index (κ2) is 7.11. The number of hydrogen-bond acceptors (Lipinski definition) is 3. The first-order chi connectivity index (χ1) is 10.1. The van der Waals surface area contributed by atoms with Gasteiger partial charge in [0.15, 0.2) is 0 Å². The number of carbonyl (C=O) groups is 2. The summed E-state index contributed by atoms with van der Waals surface area (Å²) in [5.74, 6) is -0.393. The smallest absolute Gasteiger partial charge is 0.248 e. The summed E-state index contributed by atoms with van der Waals surface area (Å²) in [7, 11) is 1.87. The molecule has 0 radical (unpaired) electrons. The molecule has 0 aliphatic heterocycles. The average molecular weight is 289 g/mol. The number of nitrogens with zero attached hydrogens (tertiary/aromatic N) is 1. The summed E-state index contributed by atoms with van der Waals surface area (Å²) in [6, 6.07) is 7.25. The highest BCUT2D eigenvalue weighted by atomic mass is 16.2. The molecule has 114 valence electrons. The van der Waals surface area contributed by atoms with Gasteiger partial charge < -0.3 is 16.0 Å². The maximum atomic E-state index is 12.2. The number of benzene rings is 1. The van der Waals surface area contributed by atoms with Gasteiger partial charge in [-0.25, -0.2) is 0 Å². The van der Waals surface area contributed by atoms with Crippen molar-refractivity contribution >= 4 is 17.5 Å². The van der Waals surface area contributed by atoms with Crippen molar-refractivity contribution in [2.45, 2.75) is 38.1 Å². The van der Waals surface area contributed by atoms with Gasteiger partial charge in [0.05, 0.1) is 6.54 Å². The highest BCUT2D eigenvalue weighted by Crippen LogP contribution is 2.21. The number of hydrogen-bond donors (Lipinski definition) is 2. The van der Waals surface area contributed by atoms with Crippen molar-refractivity contribution in [3.63, 3.8) is 0 Å². The Morgan fingerprint density at radius 3 is 2.67 bits per heavy atom. The van der Waals surface area contributed by atoms with Crippen LogP contribution in [0.15, 0.2) is 24.3 Å². The zero-order chi connectivity index (χ0) is 15.2. The number of rotatable bonds is 5. The van der Waals surface area contributed by atoms with Crippen LogP contribution in [0.2, 0.25) is 0 Å². The molecular formula is C16H23N3O2. The van der Waals surface area contributed by atoms with Crippen molar-refractivity contribution < 1.29 is 9.59 Å². The summed E-state index contributed by atoms with van der Waals surface area (Å²) in [6.45, 7) is 0.231. The van der Waals surface area contributed by atoms with Crippen molar-refractivity contribution in [2.24, 2.45) is 5.73 Å². The van der Waals surface area contributed by atoms with Crippen molar-refractivity contribution in [1.82, 2.24) is 4.90 Å². The van der Waals surface area contributed by atoms with Gasteiger partial charge in [-0.3, -0.25) is 9.59 Å². The van der Waals surface area contributed by atoms with E-state index in [0.29, 0.717) is 11.6 Å². The zero-order valence-electron chi connectivity index (χ0n) is 12.5. The third-order valence-electron chi connectivity index (χ3n) is 4.11. The molecule has 1 saturated carbocycles. The van der Waals surface area contributed by atoms with Gasteiger partial charge in [-0.2, -0.15) is 0 Å². The summed E-state index contributed by atoms with van der Waals surface area (Å²) in [6.07, 6.45) is 5.88. The molecule has 2 amide bonds. The number of carbonyl (C=O) groups excluding carboxylic acids is 2. The second-order valence-corrected chi connectivity index (χ2v) is 5.60. The quantitative estimate of drug-likeness (QED) is 0.870. The first-order valence-corrected chi connectivity index (χ1v) is 7.47. The molecule has 1 aromatic carbocycles. The van der Waals surface area contributed by atoms with Crippen molar-refractivity contribution in [3.8, 4) is 0 Å². The number of anilines is 1. The lowest BCUT2D eigenvalue weighted by atomic mass is 9.94. The Balaban J connectivity index is 1.88. The van der Waals surface area contributed by atoms with Crippen LogP contribution in [-0.2, 0) is 4.79 Å². The summed E-state index contributed by atoms with van der Waals surface area (Å²) in [5.41, 5.74) is 6.41. The maximum Gasteiger partial charge on any atom is 0.248 e. The lowest BCUT2D eigenvalue weighted by Crippen LogP contribution is -2.41. The Morgan fingerprint density at radius 2 is 2.00 bits per heavy atom. The van der Waals surface area contributed by atoms with Gasteiger partial charge >= 0.3 is 0 Å². The van der Waals surface area contributed by atoms with Gasteiger partial charge in [0.2, 0.25) is 11.8 Å². The summed E-state index contributed by atoms with van der Waals surface area (Å²) >= 11 is 0. The van der Waals surface area contributed by atoms with E-state index in [0.717, 1.165) is 18.5 Å². The fourth-order valence-electron chi connectivity index (χ4n) is 2.76. The molecule has 5 heteroatoms. The van der Waals surface area contributed by atoms with E-state index >= 15 is 0 Å². The molecule has 0 saturated heterocycles. The predicted molar refractivity (Wildman–Crippen MR) is 83.1 cm³/mol. The predicted octanol–water partition coefficient (Wildman–Crippen LogP) is 1.99. The minimum absolute atomic E-state index is 0.0754. The Hall–Kier alpha value is -2.04. The number of nitrogens with two attached hydrogens (primary N) is 1. The molecule has 1 aliphatic rings. The van der Waals surface area contributed by atoms with E-state index in [2.05, 4.69) is 5.32 Å². The zero-order valence-corrected chi connectivity index (χ0v) is 12.5. The normalized spacial score (nSPS) is 15.5. The number of primary amides is 1. The van der Waals surface area contributed by atoms with Gasteiger partial charge in [0.1, 0.15) is 0 Å². The Morgan fingerprint density at radius 1 is 1.29 bits per heavy atom. The lowest BCUT2D eigenvalue weighted by molar-refractivity contribution is -0.130. The molecule has 3 N–H and O–H groups in total. The van der Waals surface area contributed by atoms with E-state index in [1.165, 1.54) is 19.3 Å². The first kappa shape index (κ1) is 15.4. The van der Waals surface area contributed by atoms with Gasteiger partial charge in [0.25, 0.3) is 0 Å². The van der Waals surface area contributed by atoms with Crippen LogP contribution in [0.4, 0.5) is 5.69 Å². The Labute approximate surface area is 125 Å². The standard InChI is InChI=1S/C16H23N3O2/c1-19(14-8-3-2-4-9-14)15(20)11-18-13-7-5-6-12(10-13)16(17)21/h5-7,10,14,18H,2-4,8-9,11H2,1H3,(H2,17,21). The number of amides is 2. The number of nitrogens with one attached hydrogen (secondary N) is 1. The molecule has 2 rings (SSSR count). The van der Waals surface area contributed by atoms with Crippen LogP contribution in [0.25, 0.3) is 0 Å². The summed E-state index contributed by atoms with van der Waals surface area (Å²) < 4.78 is 0. The second-order valence-electron chi connectivity index (χ2n) is 5.60. The maximum absolute atomic E-state index is 12.2. The Bertz CT molecular complexity index is 510. The average Bonchev–Trinajstić information content (AvgIpc) is 2.53. The van der Waals surface area contributed by atoms with E-state index < -0.39 is 5.91 Å². The van der Waals surface area contributed by atoms with Crippen LogP contribution in [-0.4, -0.2) is 36.3 Å². The topological polar surface area (TPSA) is 75.4 Å². The van der Waals surface area contributed by atoms with Gasteiger partial charge in [0, 0.05) is 24.3 Å². The molecule has 0 heterocycles. The van der Waals surface area contributed by atoms with Gasteiger partial charge in [-0.15, -0.1) is 0 Å². The van der Waals surface area contributed by atoms with E-state index in [1.807, 2.05) is 18.0 Å². The first-order valence-electron chi connectivity index (χ1n) is 7.47. The van der Waals surface area contributed by atoms with Crippen LogP contribution in [0.1, 0.15) is 42.5 Å². The fraction of sp³-hybridized carbons (Fsp3) is 0.500. The molecule has 0 spiro atoms. The van der Waals surface area contributed by atoms with Crippen LogP contribution in [0.5, 0.6) is 0 Å². The van der Waals surface area contributed by atoms with Gasteiger partial charge in [-0.1, -0.05) is 25.3 Å². The largest absolute Gasteiger partial charge is 0.376 e. The third-order valence-corrected chi connectivity index (χ3v) is 4.11. The molecule has 0 bridgehead atoms. The molecule has 1 fully saturated rings. The van der Waals surface area contributed by atoms with Crippen LogP contribution < -0.4 is 11.1 Å². The fourth-order valence-corrected chi connectivity index (χ4v) is 2.76. The van der Waals surface area contributed by atoms with Crippen LogP contribution >= 0.6 is 0 Å². The Kier molecular flexibility index (Phi) is 5.20. The molecule has 1 aromatic rings. The molecule has 1 aliphatic carbocycles. The minimum Gasteiger partial charge on any atom is -0.376 e.